The van der Waals surface area contributed by atoms with Gasteiger partial charge in [-0.3, -0.25) is 9.59 Å². The van der Waals surface area contributed by atoms with E-state index in [2.05, 4.69) is 11.4 Å². The second kappa shape index (κ2) is 7.47. The summed E-state index contributed by atoms with van der Waals surface area (Å²) in [6.45, 7) is 0.480. The van der Waals surface area contributed by atoms with Crippen molar-refractivity contribution in [3.8, 4) is 0 Å². The maximum atomic E-state index is 13.0. The second-order valence-electron chi connectivity index (χ2n) is 6.56. The molecule has 3 aromatic rings. The van der Waals surface area contributed by atoms with E-state index in [1.54, 1.807) is 11.3 Å². The molecule has 1 N–H and O–H groups in total. The van der Waals surface area contributed by atoms with Gasteiger partial charge in [0.15, 0.2) is 0 Å². The molecule has 0 radical (unpaired) electrons. The van der Waals surface area contributed by atoms with Crippen LogP contribution in [0.4, 0.5) is 0 Å². The van der Waals surface area contributed by atoms with Crippen molar-refractivity contribution in [3.63, 3.8) is 0 Å². The minimum Gasteiger partial charge on any atom is -0.350 e. The van der Waals surface area contributed by atoms with Crippen LogP contribution in [-0.2, 0) is 16.8 Å². The van der Waals surface area contributed by atoms with Gasteiger partial charge in [0, 0.05) is 20.7 Å². The zero-order valence-electron chi connectivity index (χ0n) is 14.2. The van der Waals surface area contributed by atoms with Gasteiger partial charge in [0.2, 0.25) is 11.7 Å². The van der Waals surface area contributed by atoms with Crippen molar-refractivity contribution in [3.05, 3.63) is 66.7 Å². The Balaban J connectivity index is 1.44. The Morgan fingerprint density at radius 1 is 1.08 bits per heavy atom. The highest BCUT2D eigenvalue weighted by atomic mass is 32.1. The molecule has 0 atom stereocenters. The first-order chi connectivity index (χ1) is 12.7. The van der Waals surface area contributed by atoms with Gasteiger partial charge in [-0.1, -0.05) is 18.9 Å². The van der Waals surface area contributed by atoms with Crippen LogP contribution < -0.4 is 5.32 Å². The predicted octanol–water partition coefficient (Wildman–Crippen LogP) is 5.23. The number of rotatable bonds is 6. The number of amides is 1. The second-order valence-corrected chi connectivity index (χ2v) is 9.45. The number of hydrogen-bond donors (Lipinski definition) is 1. The monoisotopic (exact) mass is 401 g/mol. The molecular formula is C20H19NO2S3. The molecule has 0 bridgehead atoms. The average Bonchev–Trinajstić information content (AvgIpc) is 3.45. The van der Waals surface area contributed by atoms with Gasteiger partial charge in [-0.2, -0.15) is 11.3 Å². The Bertz CT molecular complexity index is 888. The lowest BCUT2D eigenvalue weighted by molar-refractivity contribution is -0.126. The zero-order valence-corrected chi connectivity index (χ0v) is 16.6. The SMILES string of the molecule is O=C(c1ccsc1)c1ccc(CNC(=O)C2(c3cccs3)CCCC2)s1. The standard InChI is InChI=1S/C20H19NO2S3/c22-18(14-7-11-24-13-14)16-6-5-15(26-16)12-21-19(23)20(8-1-2-9-20)17-4-3-10-25-17/h3-7,10-11,13H,1-2,8-9,12H2,(H,21,23). The summed E-state index contributed by atoms with van der Waals surface area (Å²) in [5, 5.41) is 8.95. The lowest BCUT2D eigenvalue weighted by Crippen LogP contribution is -2.41. The van der Waals surface area contributed by atoms with Crippen molar-refractivity contribution in [1.29, 1.82) is 0 Å². The molecule has 3 heterocycles. The van der Waals surface area contributed by atoms with E-state index >= 15 is 0 Å². The number of hydrogen-bond acceptors (Lipinski definition) is 5. The van der Waals surface area contributed by atoms with Crippen molar-refractivity contribution in [1.82, 2.24) is 5.32 Å². The highest BCUT2D eigenvalue weighted by molar-refractivity contribution is 7.14. The van der Waals surface area contributed by atoms with E-state index < -0.39 is 0 Å². The summed E-state index contributed by atoms with van der Waals surface area (Å²) in [4.78, 5) is 28.3. The molecule has 1 aliphatic rings. The smallest absolute Gasteiger partial charge is 0.231 e. The van der Waals surface area contributed by atoms with Crippen LogP contribution in [0.1, 0.15) is 50.7 Å². The maximum Gasteiger partial charge on any atom is 0.231 e. The van der Waals surface area contributed by atoms with Crippen molar-refractivity contribution in [2.24, 2.45) is 0 Å². The quantitative estimate of drug-likeness (QED) is 0.575. The molecule has 1 saturated carbocycles. The van der Waals surface area contributed by atoms with Crippen LogP contribution in [0.25, 0.3) is 0 Å². The fraction of sp³-hybridized carbons (Fsp3) is 0.300. The van der Waals surface area contributed by atoms with Gasteiger partial charge in [0.1, 0.15) is 0 Å². The number of thiophene rings is 3. The van der Waals surface area contributed by atoms with E-state index in [4.69, 9.17) is 0 Å². The molecule has 0 spiro atoms. The highest BCUT2D eigenvalue weighted by Gasteiger charge is 2.43. The topological polar surface area (TPSA) is 46.2 Å². The first kappa shape index (κ1) is 17.6. The fourth-order valence-corrected chi connectivity index (χ4v) is 6.11. The molecule has 0 saturated heterocycles. The highest BCUT2D eigenvalue weighted by Crippen LogP contribution is 2.43. The summed E-state index contributed by atoms with van der Waals surface area (Å²) in [5.74, 6) is 0.177. The third-order valence-corrected chi connectivity index (χ3v) is 7.82. The van der Waals surface area contributed by atoms with Crippen molar-refractivity contribution in [2.75, 3.05) is 0 Å². The molecule has 4 rings (SSSR count). The Morgan fingerprint density at radius 3 is 2.62 bits per heavy atom. The van der Waals surface area contributed by atoms with Gasteiger partial charge in [-0.05, 0) is 47.9 Å². The summed E-state index contributed by atoms with van der Waals surface area (Å²) in [6.07, 6.45) is 4.05. The summed E-state index contributed by atoms with van der Waals surface area (Å²) in [6, 6.07) is 9.75. The third-order valence-electron chi connectivity index (χ3n) is 4.98. The van der Waals surface area contributed by atoms with Crippen molar-refractivity contribution in [2.45, 2.75) is 37.6 Å². The third kappa shape index (κ3) is 3.29. The average molecular weight is 402 g/mol. The fourth-order valence-electron chi connectivity index (χ4n) is 3.58. The molecule has 1 amide bonds. The number of carbonyl (C=O) groups is 2. The zero-order chi connectivity index (χ0) is 18.0. The van der Waals surface area contributed by atoms with Crippen LogP contribution in [-0.4, -0.2) is 11.7 Å². The van der Waals surface area contributed by atoms with Crippen LogP contribution in [0.15, 0.2) is 46.5 Å². The molecule has 6 heteroatoms. The minimum atomic E-state index is -0.360. The summed E-state index contributed by atoms with van der Waals surface area (Å²) in [5.41, 5.74) is 0.371. The molecule has 3 aromatic heterocycles. The summed E-state index contributed by atoms with van der Waals surface area (Å²) >= 11 is 4.66. The van der Waals surface area contributed by atoms with E-state index in [0.717, 1.165) is 41.0 Å². The van der Waals surface area contributed by atoms with Gasteiger partial charge >= 0.3 is 0 Å². The maximum absolute atomic E-state index is 13.0. The normalized spacial score (nSPS) is 15.8. The van der Waals surface area contributed by atoms with E-state index in [0.29, 0.717) is 6.54 Å². The van der Waals surface area contributed by atoms with E-state index in [-0.39, 0.29) is 17.1 Å². The summed E-state index contributed by atoms with van der Waals surface area (Å²) in [7, 11) is 0. The van der Waals surface area contributed by atoms with Gasteiger partial charge in [-0.25, -0.2) is 0 Å². The van der Waals surface area contributed by atoms with Crippen molar-refractivity contribution < 1.29 is 9.59 Å². The van der Waals surface area contributed by atoms with Crippen LogP contribution in [0, 0.1) is 0 Å². The number of carbonyl (C=O) groups excluding carboxylic acids is 2. The number of nitrogens with one attached hydrogen (secondary N) is 1. The van der Waals surface area contributed by atoms with Gasteiger partial charge in [-0.15, -0.1) is 22.7 Å². The van der Waals surface area contributed by atoms with Crippen molar-refractivity contribution >= 4 is 45.7 Å². The lowest BCUT2D eigenvalue weighted by Gasteiger charge is -2.26. The van der Waals surface area contributed by atoms with Crippen LogP contribution >= 0.6 is 34.0 Å². The molecule has 1 aliphatic carbocycles. The van der Waals surface area contributed by atoms with Crippen LogP contribution in [0.3, 0.4) is 0 Å². The molecular weight excluding hydrogens is 382 g/mol. The Morgan fingerprint density at radius 2 is 1.92 bits per heavy atom. The molecule has 134 valence electrons. The van der Waals surface area contributed by atoms with Gasteiger partial charge < -0.3 is 5.32 Å². The Labute approximate surface area is 164 Å². The largest absolute Gasteiger partial charge is 0.350 e. The molecule has 3 nitrogen and oxygen atoms in total. The first-order valence-corrected chi connectivity index (χ1v) is 11.3. The van der Waals surface area contributed by atoms with Gasteiger partial charge in [0.05, 0.1) is 16.8 Å². The Hall–Kier alpha value is -1.76. The predicted molar refractivity (Wildman–Crippen MR) is 108 cm³/mol. The summed E-state index contributed by atoms with van der Waals surface area (Å²) < 4.78 is 0. The van der Waals surface area contributed by atoms with E-state index in [1.165, 1.54) is 27.6 Å². The van der Waals surface area contributed by atoms with E-state index in [1.807, 2.05) is 40.4 Å². The number of ketones is 1. The van der Waals surface area contributed by atoms with E-state index in [9.17, 15) is 9.59 Å². The molecule has 0 unspecified atom stereocenters. The lowest BCUT2D eigenvalue weighted by atomic mass is 9.83. The Kier molecular flexibility index (Phi) is 5.07. The van der Waals surface area contributed by atoms with Crippen LogP contribution in [0.5, 0.6) is 0 Å². The molecule has 1 fully saturated rings. The first-order valence-electron chi connectivity index (χ1n) is 8.67. The van der Waals surface area contributed by atoms with Crippen LogP contribution in [0.2, 0.25) is 0 Å². The molecule has 0 aromatic carbocycles. The molecule has 0 aliphatic heterocycles. The molecule has 26 heavy (non-hydrogen) atoms. The minimum absolute atomic E-state index is 0.0553. The van der Waals surface area contributed by atoms with Gasteiger partial charge in [0.25, 0.3) is 0 Å².